The Morgan fingerprint density at radius 3 is 2.86 bits per heavy atom. The van der Waals surface area contributed by atoms with Gasteiger partial charge in [0.05, 0.1) is 5.69 Å². The number of hydrogen-bond acceptors (Lipinski definition) is 2. The van der Waals surface area contributed by atoms with Gasteiger partial charge in [-0.3, -0.25) is 9.20 Å². The fourth-order valence-electron chi connectivity index (χ4n) is 3.96. The van der Waals surface area contributed by atoms with Crippen LogP contribution in [0.5, 0.6) is 0 Å². The van der Waals surface area contributed by atoms with Gasteiger partial charge in [0.15, 0.2) is 0 Å². The summed E-state index contributed by atoms with van der Waals surface area (Å²) in [6.07, 6.45) is 2.73. The molecule has 0 saturated heterocycles. The van der Waals surface area contributed by atoms with Crippen LogP contribution in [-0.2, 0) is 6.42 Å². The van der Waals surface area contributed by atoms with Crippen molar-refractivity contribution in [2.75, 3.05) is 5.32 Å². The molecule has 0 spiro atoms. The third kappa shape index (κ3) is 2.86. The minimum atomic E-state index is -0.206. The van der Waals surface area contributed by atoms with Crippen molar-refractivity contribution in [2.24, 2.45) is 0 Å². The summed E-state index contributed by atoms with van der Waals surface area (Å²) >= 11 is 6.04. The number of pyridine rings is 1. The zero-order valence-corrected chi connectivity index (χ0v) is 16.8. The van der Waals surface area contributed by atoms with E-state index >= 15 is 0 Å². The lowest BCUT2D eigenvalue weighted by Gasteiger charge is -2.06. The van der Waals surface area contributed by atoms with Crippen molar-refractivity contribution in [1.29, 1.82) is 0 Å². The normalized spacial score (nSPS) is 11.6. The number of amides is 1. The van der Waals surface area contributed by atoms with Crippen LogP contribution in [0, 0.1) is 6.92 Å². The Hall–Kier alpha value is -3.31. The molecule has 0 atom stereocenters. The van der Waals surface area contributed by atoms with E-state index in [0.29, 0.717) is 22.1 Å². The van der Waals surface area contributed by atoms with Crippen molar-refractivity contribution in [3.63, 3.8) is 0 Å². The summed E-state index contributed by atoms with van der Waals surface area (Å²) in [7, 11) is 0. The van der Waals surface area contributed by atoms with Gasteiger partial charge in [0.1, 0.15) is 11.3 Å². The molecule has 0 radical (unpaired) electrons. The number of aromatic amines is 1. The first kappa shape index (κ1) is 17.8. The number of nitrogens with one attached hydrogen (secondary N) is 2. The Labute approximate surface area is 172 Å². The number of imidazole rings is 1. The summed E-state index contributed by atoms with van der Waals surface area (Å²) in [5, 5.41) is 5.94. The fourth-order valence-corrected chi connectivity index (χ4v) is 4.12. The summed E-state index contributed by atoms with van der Waals surface area (Å²) < 4.78 is 1.76. The molecule has 5 nitrogen and oxygen atoms in total. The Morgan fingerprint density at radius 1 is 1.17 bits per heavy atom. The van der Waals surface area contributed by atoms with Crippen LogP contribution < -0.4 is 5.32 Å². The van der Waals surface area contributed by atoms with Gasteiger partial charge in [-0.25, -0.2) is 4.98 Å². The molecule has 5 aromatic rings. The highest BCUT2D eigenvalue weighted by Crippen LogP contribution is 2.30. The highest BCUT2D eigenvalue weighted by molar-refractivity contribution is 6.30. The maximum Gasteiger partial charge on any atom is 0.274 e. The Morgan fingerprint density at radius 2 is 2.03 bits per heavy atom. The highest BCUT2D eigenvalue weighted by Gasteiger charge is 2.17. The van der Waals surface area contributed by atoms with Crippen LogP contribution in [0.2, 0.25) is 5.02 Å². The smallest absolute Gasteiger partial charge is 0.274 e. The van der Waals surface area contributed by atoms with Crippen molar-refractivity contribution in [1.82, 2.24) is 14.4 Å². The summed E-state index contributed by atoms with van der Waals surface area (Å²) in [5.41, 5.74) is 5.98. The SMILES string of the molecule is CCc1cccc2c1[nH]c1cc(NC(=O)c3c(C)nc4cc(Cl)ccn34)ccc12. The number of H-pyrrole nitrogens is 1. The van der Waals surface area contributed by atoms with Crippen molar-refractivity contribution in [3.05, 3.63) is 76.7 Å². The average Bonchev–Trinajstić information content (AvgIpc) is 3.23. The van der Waals surface area contributed by atoms with E-state index in [1.807, 2.05) is 25.1 Å². The van der Waals surface area contributed by atoms with E-state index in [0.717, 1.165) is 28.5 Å². The summed E-state index contributed by atoms with van der Waals surface area (Å²) in [5.74, 6) is -0.206. The summed E-state index contributed by atoms with van der Waals surface area (Å²) in [6.45, 7) is 3.97. The van der Waals surface area contributed by atoms with Crippen LogP contribution in [0.4, 0.5) is 5.69 Å². The molecule has 29 heavy (non-hydrogen) atoms. The van der Waals surface area contributed by atoms with Crippen LogP contribution in [0.3, 0.4) is 0 Å². The van der Waals surface area contributed by atoms with E-state index in [2.05, 4.69) is 40.4 Å². The number of para-hydroxylation sites is 1. The predicted octanol–water partition coefficient (Wildman–Crippen LogP) is 5.75. The topological polar surface area (TPSA) is 62.2 Å². The number of hydrogen-bond donors (Lipinski definition) is 2. The average molecular weight is 403 g/mol. The van der Waals surface area contributed by atoms with Crippen molar-refractivity contribution in [2.45, 2.75) is 20.3 Å². The molecule has 0 fully saturated rings. The maximum absolute atomic E-state index is 13.0. The van der Waals surface area contributed by atoms with Crippen LogP contribution in [-0.4, -0.2) is 20.3 Å². The van der Waals surface area contributed by atoms with Gasteiger partial charge in [-0.05, 0) is 37.1 Å². The van der Waals surface area contributed by atoms with Crippen molar-refractivity contribution >= 4 is 50.6 Å². The lowest BCUT2D eigenvalue weighted by molar-refractivity contribution is 0.102. The molecule has 2 N–H and O–H groups in total. The van der Waals surface area contributed by atoms with Crippen LogP contribution in [0.1, 0.15) is 28.7 Å². The monoisotopic (exact) mass is 402 g/mol. The van der Waals surface area contributed by atoms with Gasteiger partial charge in [0, 0.05) is 44.8 Å². The molecule has 2 aromatic carbocycles. The number of benzene rings is 2. The van der Waals surface area contributed by atoms with Gasteiger partial charge in [-0.15, -0.1) is 0 Å². The third-order valence-electron chi connectivity index (χ3n) is 5.34. The third-order valence-corrected chi connectivity index (χ3v) is 5.57. The lowest BCUT2D eigenvalue weighted by atomic mass is 10.1. The second-order valence-electron chi connectivity index (χ2n) is 7.15. The number of anilines is 1. The van der Waals surface area contributed by atoms with Crippen LogP contribution >= 0.6 is 11.6 Å². The van der Waals surface area contributed by atoms with E-state index < -0.39 is 0 Å². The van der Waals surface area contributed by atoms with Crippen molar-refractivity contribution < 1.29 is 4.79 Å². The molecule has 0 aliphatic heterocycles. The van der Waals surface area contributed by atoms with E-state index in [4.69, 9.17) is 11.6 Å². The lowest BCUT2D eigenvalue weighted by Crippen LogP contribution is -2.15. The molecule has 0 aliphatic rings. The van der Waals surface area contributed by atoms with Gasteiger partial charge in [-0.2, -0.15) is 0 Å². The standard InChI is InChI=1S/C23H19ClN4O/c1-3-14-5-4-6-18-17-8-7-16(12-19(17)27-21(14)18)26-23(29)22-13(2)25-20-11-15(24)9-10-28(20)22/h4-12,27H,3H2,1-2H3,(H,26,29). The Kier molecular flexibility index (Phi) is 4.07. The Balaban J connectivity index is 1.54. The number of aryl methyl sites for hydroxylation is 2. The molecule has 0 saturated carbocycles. The van der Waals surface area contributed by atoms with E-state index in [1.165, 1.54) is 10.9 Å². The minimum Gasteiger partial charge on any atom is -0.354 e. The molecule has 3 aromatic heterocycles. The van der Waals surface area contributed by atoms with Crippen LogP contribution in [0.15, 0.2) is 54.7 Å². The molecule has 0 bridgehead atoms. The van der Waals surface area contributed by atoms with Gasteiger partial charge >= 0.3 is 0 Å². The second kappa shape index (κ2) is 6.64. The number of fused-ring (bicyclic) bond motifs is 4. The van der Waals surface area contributed by atoms with Gasteiger partial charge in [0.25, 0.3) is 5.91 Å². The molecule has 144 valence electrons. The predicted molar refractivity (Wildman–Crippen MR) is 118 cm³/mol. The number of aromatic nitrogens is 3. The minimum absolute atomic E-state index is 0.206. The molecular formula is C23H19ClN4O. The Bertz CT molecular complexity index is 1410. The molecule has 0 unspecified atom stereocenters. The first-order valence-corrected chi connectivity index (χ1v) is 9.92. The van der Waals surface area contributed by atoms with Crippen LogP contribution in [0.25, 0.3) is 27.5 Å². The first-order valence-electron chi connectivity index (χ1n) is 9.54. The molecule has 6 heteroatoms. The summed E-state index contributed by atoms with van der Waals surface area (Å²) in [6, 6.07) is 15.8. The number of halogens is 1. The van der Waals surface area contributed by atoms with E-state index in [1.54, 1.807) is 22.7 Å². The zero-order chi connectivity index (χ0) is 20.1. The second-order valence-corrected chi connectivity index (χ2v) is 7.59. The molecule has 3 heterocycles. The van der Waals surface area contributed by atoms with E-state index in [-0.39, 0.29) is 5.91 Å². The van der Waals surface area contributed by atoms with Gasteiger partial charge < -0.3 is 10.3 Å². The fraction of sp³-hybridized carbons (Fsp3) is 0.130. The van der Waals surface area contributed by atoms with E-state index in [9.17, 15) is 4.79 Å². The number of carbonyl (C=O) groups is 1. The number of carbonyl (C=O) groups excluding carboxylic acids is 1. The molecule has 0 aliphatic carbocycles. The molecular weight excluding hydrogens is 384 g/mol. The van der Waals surface area contributed by atoms with Gasteiger partial charge in [0.2, 0.25) is 0 Å². The van der Waals surface area contributed by atoms with Gasteiger partial charge in [-0.1, -0.05) is 42.8 Å². The highest BCUT2D eigenvalue weighted by atomic mass is 35.5. The largest absolute Gasteiger partial charge is 0.354 e. The maximum atomic E-state index is 13.0. The summed E-state index contributed by atoms with van der Waals surface area (Å²) in [4.78, 5) is 20.9. The number of nitrogens with zero attached hydrogens (tertiary/aromatic N) is 2. The zero-order valence-electron chi connectivity index (χ0n) is 16.1. The quantitative estimate of drug-likeness (QED) is 0.404. The molecule has 5 rings (SSSR count). The van der Waals surface area contributed by atoms with Crippen molar-refractivity contribution in [3.8, 4) is 0 Å². The first-order chi connectivity index (χ1) is 14.0. The number of rotatable bonds is 3. The molecule has 1 amide bonds.